The molecule has 1 aromatic heterocycles. The van der Waals surface area contributed by atoms with Gasteiger partial charge in [-0.1, -0.05) is 0 Å². The normalized spacial score (nSPS) is 9.88. The highest BCUT2D eigenvalue weighted by atomic mass is 32.1. The van der Waals surface area contributed by atoms with Crippen LogP contribution in [0.25, 0.3) is 0 Å². The lowest BCUT2D eigenvalue weighted by Crippen LogP contribution is -2.34. The Bertz CT molecular complexity index is 670. The molecule has 0 aliphatic heterocycles. The second kappa shape index (κ2) is 9.42. The Morgan fingerprint density at radius 1 is 0.960 bits per heavy atom. The fraction of sp³-hybridized carbons (Fsp3) is 0.333. The van der Waals surface area contributed by atoms with Crippen molar-refractivity contribution in [2.24, 2.45) is 0 Å². The lowest BCUT2D eigenvalue weighted by atomic mass is 10.3. The highest BCUT2D eigenvalue weighted by Gasteiger charge is 2.06. The molecule has 1 heterocycles. The molecule has 2 aromatic rings. The smallest absolute Gasteiger partial charge is 0.248 e. The van der Waals surface area contributed by atoms with E-state index in [1.165, 1.54) is 0 Å². The van der Waals surface area contributed by atoms with Gasteiger partial charge in [0, 0.05) is 18.8 Å². The fourth-order valence-corrected chi connectivity index (χ4v) is 2.02. The Morgan fingerprint density at radius 2 is 1.52 bits per heavy atom. The summed E-state index contributed by atoms with van der Waals surface area (Å²) >= 11 is 5.25. The van der Waals surface area contributed by atoms with E-state index in [9.17, 15) is 0 Å². The van der Waals surface area contributed by atoms with Gasteiger partial charge in [-0.2, -0.15) is 15.0 Å². The number of rotatable bonds is 8. The van der Waals surface area contributed by atoms with Crippen LogP contribution in [0.3, 0.4) is 0 Å². The molecule has 0 fully saturated rings. The van der Waals surface area contributed by atoms with Crippen molar-refractivity contribution in [1.29, 1.82) is 0 Å². The molecule has 2 rings (SSSR count). The maximum Gasteiger partial charge on any atom is 0.248 e. The first-order valence-electron chi connectivity index (χ1n) is 7.85. The summed E-state index contributed by atoms with van der Waals surface area (Å²) in [5.41, 5.74) is 6.54. The first-order valence-corrected chi connectivity index (χ1v) is 8.26. The summed E-state index contributed by atoms with van der Waals surface area (Å²) < 4.78 is 5.12. The molecule has 0 unspecified atom stereocenters. The molecule has 9 nitrogen and oxygen atoms in total. The van der Waals surface area contributed by atoms with Crippen molar-refractivity contribution in [2.75, 3.05) is 41.6 Å². The summed E-state index contributed by atoms with van der Waals surface area (Å²) in [6, 6.07) is 7.41. The Balaban J connectivity index is 1.95. The molecule has 0 amide bonds. The summed E-state index contributed by atoms with van der Waals surface area (Å²) in [4.78, 5) is 12.8. The Kier molecular flexibility index (Phi) is 6.96. The van der Waals surface area contributed by atoms with Crippen molar-refractivity contribution in [2.45, 2.75) is 13.8 Å². The largest absolute Gasteiger partial charge is 0.497 e. The molecule has 25 heavy (non-hydrogen) atoms. The van der Waals surface area contributed by atoms with Gasteiger partial charge in [-0.25, -0.2) is 0 Å². The number of benzene rings is 1. The molecule has 0 aliphatic carbocycles. The van der Waals surface area contributed by atoms with E-state index in [1.54, 1.807) is 7.11 Å². The summed E-state index contributed by atoms with van der Waals surface area (Å²) in [5.74, 6) is 2.08. The van der Waals surface area contributed by atoms with E-state index in [1.807, 2.05) is 38.1 Å². The molecule has 0 radical (unpaired) electrons. The predicted molar refractivity (Wildman–Crippen MR) is 104 cm³/mol. The summed E-state index contributed by atoms with van der Waals surface area (Å²) in [7, 11) is 1.62. The summed E-state index contributed by atoms with van der Waals surface area (Å²) in [6.07, 6.45) is 0. The molecule has 0 saturated heterocycles. The van der Waals surface area contributed by atoms with E-state index in [4.69, 9.17) is 17.0 Å². The Labute approximate surface area is 152 Å². The minimum absolute atomic E-state index is 0.348. The zero-order chi connectivity index (χ0) is 18.1. The molecule has 134 valence electrons. The maximum absolute atomic E-state index is 5.25. The minimum atomic E-state index is 0.348. The Morgan fingerprint density at radius 3 is 2.04 bits per heavy atom. The van der Waals surface area contributed by atoms with Gasteiger partial charge < -0.3 is 20.7 Å². The van der Waals surface area contributed by atoms with Crippen molar-refractivity contribution in [3.8, 4) is 5.75 Å². The quantitative estimate of drug-likeness (QED) is 0.354. The first kappa shape index (κ1) is 18.5. The van der Waals surface area contributed by atoms with Gasteiger partial charge in [0.2, 0.25) is 17.8 Å². The van der Waals surface area contributed by atoms with Crippen LogP contribution in [0.4, 0.5) is 23.5 Å². The standard InChI is InChI=1S/C15H22N8OS/c1-4-16-12-19-13(17-5-2)21-14(20-12)22-23-15(25)18-10-6-8-11(24-3)9-7-10/h6-9H,4-5H2,1-3H3,(H2,18,23,25)(H3,16,17,19,20,21,22). The monoisotopic (exact) mass is 362 g/mol. The van der Waals surface area contributed by atoms with Gasteiger partial charge in [-0.05, 0) is 50.3 Å². The molecule has 0 atom stereocenters. The van der Waals surface area contributed by atoms with E-state index in [2.05, 4.69) is 41.8 Å². The SMILES string of the molecule is CCNc1nc(NCC)nc(NNC(=S)Nc2ccc(OC)cc2)n1. The van der Waals surface area contributed by atoms with E-state index in [0.29, 0.717) is 36.0 Å². The highest BCUT2D eigenvalue weighted by molar-refractivity contribution is 7.80. The summed E-state index contributed by atoms with van der Waals surface area (Å²) in [5, 5.41) is 9.53. The van der Waals surface area contributed by atoms with Crippen LogP contribution in [-0.4, -0.2) is 40.3 Å². The second-order valence-electron chi connectivity index (χ2n) is 4.80. The van der Waals surface area contributed by atoms with E-state index >= 15 is 0 Å². The molecule has 0 spiro atoms. The first-order chi connectivity index (χ1) is 12.1. The van der Waals surface area contributed by atoms with Gasteiger partial charge in [0.1, 0.15) is 5.75 Å². The number of hydrogen-bond acceptors (Lipinski definition) is 8. The van der Waals surface area contributed by atoms with Crippen molar-refractivity contribution in [1.82, 2.24) is 20.4 Å². The van der Waals surface area contributed by atoms with Gasteiger partial charge in [0.15, 0.2) is 5.11 Å². The molecular weight excluding hydrogens is 340 g/mol. The minimum Gasteiger partial charge on any atom is -0.497 e. The second-order valence-corrected chi connectivity index (χ2v) is 5.21. The maximum atomic E-state index is 5.25. The lowest BCUT2D eigenvalue weighted by Gasteiger charge is -2.13. The zero-order valence-corrected chi connectivity index (χ0v) is 15.2. The van der Waals surface area contributed by atoms with Crippen molar-refractivity contribution in [3.05, 3.63) is 24.3 Å². The number of thiocarbonyl (C=S) groups is 1. The van der Waals surface area contributed by atoms with Gasteiger partial charge in [0.05, 0.1) is 7.11 Å². The van der Waals surface area contributed by atoms with E-state index < -0.39 is 0 Å². The van der Waals surface area contributed by atoms with Crippen molar-refractivity contribution in [3.63, 3.8) is 0 Å². The van der Waals surface area contributed by atoms with Crippen LogP contribution in [0, 0.1) is 0 Å². The number of nitrogens with one attached hydrogen (secondary N) is 5. The number of hydrogen-bond donors (Lipinski definition) is 5. The van der Waals surface area contributed by atoms with Gasteiger partial charge >= 0.3 is 0 Å². The average Bonchev–Trinajstić information content (AvgIpc) is 2.61. The van der Waals surface area contributed by atoms with Gasteiger partial charge in [0.25, 0.3) is 0 Å². The number of aromatic nitrogens is 3. The Hall–Kier alpha value is -2.88. The van der Waals surface area contributed by atoms with E-state index in [0.717, 1.165) is 11.4 Å². The van der Waals surface area contributed by atoms with Crippen molar-refractivity contribution < 1.29 is 4.74 Å². The molecule has 1 aromatic carbocycles. The predicted octanol–water partition coefficient (Wildman–Crippen LogP) is 2.06. The van der Waals surface area contributed by atoms with Crippen LogP contribution in [0.5, 0.6) is 5.75 Å². The number of ether oxygens (including phenoxy) is 1. The topological polar surface area (TPSA) is 108 Å². The van der Waals surface area contributed by atoms with E-state index in [-0.39, 0.29) is 0 Å². The number of hydrazine groups is 1. The van der Waals surface area contributed by atoms with Gasteiger partial charge in [-0.15, -0.1) is 0 Å². The number of nitrogens with zero attached hydrogens (tertiary/aromatic N) is 3. The average molecular weight is 362 g/mol. The molecule has 0 aliphatic rings. The zero-order valence-electron chi connectivity index (χ0n) is 14.4. The van der Waals surface area contributed by atoms with Crippen LogP contribution in [0.2, 0.25) is 0 Å². The molecule has 10 heteroatoms. The third-order valence-corrected chi connectivity index (χ3v) is 3.15. The lowest BCUT2D eigenvalue weighted by molar-refractivity contribution is 0.415. The van der Waals surface area contributed by atoms with Crippen molar-refractivity contribution >= 4 is 40.9 Å². The fourth-order valence-electron chi connectivity index (χ4n) is 1.86. The van der Waals surface area contributed by atoms with Crippen LogP contribution in [0.15, 0.2) is 24.3 Å². The van der Waals surface area contributed by atoms with Crippen LogP contribution in [-0.2, 0) is 0 Å². The van der Waals surface area contributed by atoms with Gasteiger partial charge in [-0.3, -0.25) is 10.9 Å². The van der Waals surface area contributed by atoms with Crippen LogP contribution in [0.1, 0.15) is 13.8 Å². The van der Waals surface area contributed by atoms with Crippen LogP contribution < -0.4 is 31.5 Å². The highest BCUT2D eigenvalue weighted by Crippen LogP contribution is 2.14. The number of anilines is 4. The number of methoxy groups -OCH3 is 1. The molecule has 0 bridgehead atoms. The molecular formula is C15H22N8OS. The van der Waals surface area contributed by atoms with Crippen LogP contribution >= 0.6 is 12.2 Å². The molecule has 5 N–H and O–H groups in total. The third-order valence-electron chi connectivity index (χ3n) is 2.94. The molecule has 0 saturated carbocycles. The third kappa shape index (κ3) is 5.92. The summed E-state index contributed by atoms with van der Waals surface area (Å²) in [6.45, 7) is 5.35.